The first-order chi connectivity index (χ1) is 11.0. The third-order valence-electron chi connectivity index (χ3n) is 4.32. The van der Waals surface area contributed by atoms with Crippen molar-refractivity contribution in [3.63, 3.8) is 0 Å². The molecule has 1 aromatic carbocycles. The van der Waals surface area contributed by atoms with Crippen molar-refractivity contribution in [2.45, 2.75) is 25.9 Å². The van der Waals surface area contributed by atoms with Gasteiger partial charge in [-0.3, -0.25) is 15.0 Å². The van der Waals surface area contributed by atoms with Crippen molar-refractivity contribution in [2.24, 2.45) is 0 Å². The molecular weight excluding hydrogens is 296 g/mol. The SMILES string of the molecule is COCCN1[C@H](C)CN(c2ccc([N+](=O)[O-])c(C#N)c2)C[C@H]1C. The summed E-state index contributed by atoms with van der Waals surface area (Å²) in [4.78, 5) is 15.0. The van der Waals surface area contributed by atoms with E-state index in [-0.39, 0.29) is 11.3 Å². The highest BCUT2D eigenvalue weighted by molar-refractivity contribution is 5.60. The fourth-order valence-electron chi connectivity index (χ4n) is 3.17. The minimum absolute atomic E-state index is 0.106. The molecule has 1 aliphatic rings. The number of nitro groups is 1. The molecule has 1 saturated heterocycles. The second-order valence-corrected chi connectivity index (χ2v) is 5.90. The summed E-state index contributed by atoms with van der Waals surface area (Å²) in [5.41, 5.74) is 0.822. The van der Waals surface area contributed by atoms with Gasteiger partial charge in [0, 0.05) is 50.6 Å². The molecule has 0 aliphatic carbocycles. The molecule has 1 heterocycles. The highest BCUT2D eigenvalue weighted by atomic mass is 16.6. The molecule has 0 aromatic heterocycles. The van der Waals surface area contributed by atoms with Crippen LogP contribution >= 0.6 is 0 Å². The summed E-state index contributed by atoms with van der Waals surface area (Å²) in [6.45, 7) is 7.54. The van der Waals surface area contributed by atoms with Crippen LogP contribution in [-0.2, 0) is 4.74 Å². The molecule has 7 nitrogen and oxygen atoms in total. The molecule has 2 atom stereocenters. The Balaban J connectivity index is 2.18. The van der Waals surface area contributed by atoms with Crippen LogP contribution in [0.15, 0.2) is 18.2 Å². The van der Waals surface area contributed by atoms with E-state index in [9.17, 15) is 10.1 Å². The number of nitro benzene ring substituents is 1. The van der Waals surface area contributed by atoms with Crippen molar-refractivity contribution in [1.82, 2.24) is 4.90 Å². The van der Waals surface area contributed by atoms with Crippen LogP contribution in [0.25, 0.3) is 0 Å². The Kier molecular flexibility index (Phi) is 5.53. The summed E-state index contributed by atoms with van der Waals surface area (Å²) in [7, 11) is 1.70. The average Bonchev–Trinajstić information content (AvgIpc) is 2.53. The zero-order valence-electron chi connectivity index (χ0n) is 13.7. The molecule has 7 heteroatoms. The van der Waals surface area contributed by atoms with E-state index in [0.717, 1.165) is 25.3 Å². The second kappa shape index (κ2) is 7.40. The van der Waals surface area contributed by atoms with E-state index in [1.165, 1.54) is 6.07 Å². The molecule has 0 amide bonds. The van der Waals surface area contributed by atoms with E-state index in [1.807, 2.05) is 6.07 Å². The number of ether oxygens (including phenoxy) is 1. The summed E-state index contributed by atoms with van der Waals surface area (Å²) >= 11 is 0. The summed E-state index contributed by atoms with van der Waals surface area (Å²) in [5, 5.41) is 20.1. The maximum Gasteiger partial charge on any atom is 0.287 e. The lowest BCUT2D eigenvalue weighted by Gasteiger charge is -2.45. The number of piperazine rings is 1. The smallest absolute Gasteiger partial charge is 0.287 e. The molecule has 0 N–H and O–H groups in total. The Morgan fingerprint density at radius 1 is 1.39 bits per heavy atom. The number of anilines is 1. The Morgan fingerprint density at radius 2 is 2.04 bits per heavy atom. The summed E-state index contributed by atoms with van der Waals surface area (Å²) in [6, 6.07) is 7.36. The number of hydrogen-bond donors (Lipinski definition) is 0. The number of benzene rings is 1. The molecule has 0 bridgehead atoms. The Bertz CT molecular complexity index is 602. The van der Waals surface area contributed by atoms with Gasteiger partial charge in [0.25, 0.3) is 5.69 Å². The van der Waals surface area contributed by atoms with Gasteiger partial charge in [-0.05, 0) is 26.0 Å². The molecule has 0 spiro atoms. The summed E-state index contributed by atoms with van der Waals surface area (Å²) in [5.74, 6) is 0. The topological polar surface area (TPSA) is 82.6 Å². The van der Waals surface area contributed by atoms with Crippen LogP contribution in [0.4, 0.5) is 11.4 Å². The van der Waals surface area contributed by atoms with Crippen LogP contribution < -0.4 is 4.90 Å². The maximum absolute atomic E-state index is 10.9. The number of nitrogens with zero attached hydrogens (tertiary/aromatic N) is 4. The Hall–Kier alpha value is -2.17. The Morgan fingerprint density at radius 3 is 2.57 bits per heavy atom. The predicted molar refractivity (Wildman–Crippen MR) is 87.5 cm³/mol. The van der Waals surface area contributed by atoms with Gasteiger partial charge in [-0.15, -0.1) is 0 Å². The van der Waals surface area contributed by atoms with E-state index in [2.05, 4.69) is 23.6 Å². The zero-order valence-corrected chi connectivity index (χ0v) is 13.7. The number of methoxy groups -OCH3 is 1. The van der Waals surface area contributed by atoms with Gasteiger partial charge in [0.1, 0.15) is 11.6 Å². The van der Waals surface area contributed by atoms with E-state index >= 15 is 0 Å². The van der Waals surface area contributed by atoms with Crippen LogP contribution in [0.1, 0.15) is 19.4 Å². The molecular formula is C16H22N4O3. The van der Waals surface area contributed by atoms with Crippen molar-refractivity contribution >= 4 is 11.4 Å². The molecule has 1 aromatic rings. The van der Waals surface area contributed by atoms with Crippen LogP contribution in [0, 0.1) is 21.4 Å². The largest absolute Gasteiger partial charge is 0.383 e. The van der Waals surface area contributed by atoms with Gasteiger partial charge in [-0.1, -0.05) is 0 Å². The first-order valence-corrected chi connectivity index (χ1v) is 7.66. The Labute approximate surface area is 136 Å². The van der Waals surface area contributed by atoms with Crippen molar-refractivity contribution in [1.29, 1.82) is 5.26 Å². The van der Waals surface area contributed by atoms with Gasteiger partial charge in [-0.25, -0.2) is 0 Å². The van der Waals surface area contributed by atoms with Crippen LogP contribution in [0.5, 0.6) is 0 Å². The molecule has 2 rings (SSSR count). The molecule has 1 fully saturated rings. The summed E-state index contributed by atoms with van der Waals surface area (Å²) in [6.07, 6.45) is 0. The normalized spacial score (nSPS) is 21.9. The second-order valence-electron chi connectivity index (χ2n) is 5.90. The third kappa shape index (κ3) is 3.78. The van der Waals surface area contributed by atoms with Crippen molar-refractivity contribution < 1.29 is 9.66 Å². The fraction of sp³-hybridized carbons (Fsp3) is 0.562. The zero-order chi connectivity index (χ0) is 17.0. The molecule has 0 saturated carbocycles. The lowest BCUT2D eigenvalue weighted by Crippen LogP contribution is -2.57. The van der Waals surface area contributed by atoms with Gasteiger partial charge in [0.15, 0.2) is 0 Å². The van der Waals surface area contributed by atoms with Crippen LogP contribution in [0.3, 0.4) is 0 Å². The fourth-order valence-corrected chi connectivity index (χ4v) is 3.17. The molecule has 0 radical (unpaired) electrons. The average molecular weight is 318 g/mol. The molecule has 1 aliphatic heterocycles. The first-order valence-electron chi connectivity index (χ1n) is 7.66. The molecule has 0 unspecified atom stereocenters. The lowest BCUT2D eigenvalue weighted by atomic mass is 10.1. The van der Waals surface area contributed by atoms with E-state index in [4.69, 9.17) is 10.00 Å². The number of rotatable bonds is 5. The summed E-state index contributed by atoms with van der Waals surface area (Å²) < 4.78 is 5.16. The quantitative estimate of drug-likeness (QED) is 0.610. The number of nitriles is 1. The third-order valence-corrected chi connectivity index (χ3v) is 4.32. The number of hydrogen-bond acceptors (Lipinski definition) is 6. The van der Waals surface area contributed by atoms with E-state index < -0.39 is 4.92 Å². The highest BCUT2D eigenvalue weighted by Crippen LogP contribution is 2.27. The van der Waals surface area contributed by atoms with Gasteiger partial charge in [0.05, 0.1) is 11.5 Å². The monoisotopic (exact) mass is 318 g/mol. The lowest BCUT2D eigenvalue weighted by molar-refractivity contribution is -0.385. The van der Waals surface area contributed by atoms with Crippen LogP contribution in [0.2, 0.25) is 0 Å². The van der Waals surface area contributed by atoms with Crippen LogP contribution in [-0.4, -0.2) is 55.3 Å². The maximum atomic E-state index is 10.9. The van der Waals surface area contributed by atoms with Crippen molar-refractivity contribution in [3.8, 4) is 6.07 Å². The molecule has 124 valence electrons. The molecule has 23 heavy (non-hydrogen) atoms. The van der Waals surface area contributed by atoms with E-state index in [1.54, 1.807) is 19.2 Å². The first kappa shape index (κ1) is 17.2. The minimum atomic E-state index is -0.518. The van der Waals surface area contributed by atoms with Gasteiger partial charge in [0.2, 0.25) is 0 Å². The van der Waals surface area contributed by atoms with Gasteiger partial charge in [-0.2, -0.15) is 5.26 Å². The highest BCUT2D eigenvalue weighted by Gasteiger charge is 2.29. The minimum Gasteiger partial charge on any atom is -0.383 e. The predicted octanol–water partition coefficient (Wildman–Crippen LogP) is 2.01. The van der Waals surface area contributed by atoms with E-state index in [0.29, 0.717) is 18.7 Å². The van der Waals surface area contributed by atoms with Gasteiger partial charge < -0.3 is 9.64 Å². The van der Waals surface area contributed by atoms with Gasteiger partial charge >= 0.3 is 0 Å². The van der Waals surface area contributed by atoms with Crippen molar-refractivity contribution in [2.75, 3.05) is 38.3 Å². The standard InChI is InChI=1S/C16H22N4O3/c1-12-10-18(11-13(2)19(12)6-7-23-3)15-4-5-16(20(21)22)14(8-15)9-17/h4-5,8,12-13H,6-7,10-11H2,1-3H3/t12-,13-/m1/s1. The van der Waals surface area contributed by atoms with Crippen molar-refractivity contribution in [3.05, 3.63) is 33.9 Å².